The van der Waals surface area contributed by atoms with E-state index in [4.69, 9.17) is 0 Å². The smallest absolute Gasteiger partial charge is 0.251 e. The molecule has 0 spiro atoms. The van der Waals surface area contributed by atoms with Crippen molar-refractivity contribution < 1.29 is 9.59 Å². The highest BCUT2D eigenvalue weighted by atomic mass is 32.1. The first-order chi connectivity index (χ1) is 12.6. The van der Waals surface area contributed by atoms with Gasteiger partial charge in [0.25, 0.3) is 5.91 Å². The molecule has 0 aliphatic heterocycles. The predicted molar refractivity (Wildman–Crippen MR) is 104 cm³/mol. The molecule has 1 N–H and O–H groups in total. The molecular weight excluding hydrogens is 346 g/mol. The molecule has 1 saturated carbocycles. The summed E-state index contributed by atoms with van der Waals surface area (Å²) in [6, 6.07) is 10.2. The van der Waals surface area contributed by atoms with E-state index in [1.807, 2.05) is 36.7 Å². The fourth-order valence-corrected chi connectivity index (χ4v) is 3.59. The van der Waals surface area contributed by atoms with Crippen molar-refractivity contribution in [2.24, 2.45) is 0 Å². The molecule has 1 aromatic heterocycles. The molecule has 1 aliphatic carbocycles. The number of hydrogen-bond acceptors (Lipinski definition) is 4. The zero-order chi connectivity index (χ0) is 18.5. The average molecular weight is 372 g/mol. The minimum absolute atomic E-state index is 0.0826. The van der Waals surface area contributed by atoms with Gasteiger partial charge in [0.2, 0.25) is 5.91 Å². The Morgan fingerprint density at radius 2 is 1.85 bits per heavy atom. The first-order valence-corrected chi connectivity index (χ1v) is 9.81. The molecule has 0 atom stereocenters. The maximum absolute atomic E-state index is 12.6. The van der Waals surface area contributed by atoms with Crippen LogP contribution in [0.5, 0.6) is 0 Å². The van der Waals surface area contributed by atoms with Gasteiger partial charge in [-0.2, -0.15) is 11.3 Å². The van der Waals surface area contributed by atoms with Gasteiger partial charge in [0.05, 0.1) is 6.54 Å². The van der Waals surface area contributed by atoms with Crippen molar-refractivity contribution in [1.29, 1.82) is 0 Å². The van der Waals surface area contributed by atoms with E-state index in [1.165, 1.54) is 5.56 Å². The molecule has 2 aromatic rings. The highest BCUT2D eigenvalue weighted by Crippen LogP contribution is 2.28. The summed E-state index contributed by atoms with van der Waals surface area (Å²) in [6.45, 7) is 1.82. The monoisotopic (exact) mass is 371 g/mol. The van der Waals surface area contributed by atoms with Crippen LogP contribution in [0.3, 0.4) is 0 Å². The average Bonchev–Trinajstić information content (AvgIpc) is 3.38. The number of benzene rings is 1. The first kappa shape index (κ1) is 18.6. The summed E-state index contributed by atoms with van der Waals surface area (Å²) in [6.07, 6.45) is 2.30. The third kappa shape index (κ3) is 4.93. The molecule has 6 heteroatoms. The zero-order valence-corrected chi connectivity index (χ0v) is 16.1. The van der Waals surface area contributed by atoms with Gasteiger partial charge < -0.3 is 10.2 Å². The van der Waals surface area contributed by atoms with Crippen LogP contribution >= 0.6 is 11.3 Å². The van der Waals surface area contributed by atoms with Gasteiger partial charge in [-0.05, 0) is 52.9 Å². The van der Waals surface area contributed by atoms with E-state index in [9.17, 15) is 9.59 Å². The number of nitrogens with zero attached hydrogens (tertiary/aromatic N) is 2. The zero-order valence-electron chi connectivity index (χ0n) is 15.3. The summed E-state index contributed by atoms with van der Waals surface area (Å²) < 4.78 is 0. The molecule has 2 amide bonds. The molecule has 138 valence electrons. The number of likely N-dealkylation sites (N-methyl/N-ethyl adjacent to an activating group) is 1. The number of amides is 2. The lowest BCUT2D eigenvalue weighted by Gasteiger charge is -2.25. The number of nitrogens with one attached hydrogen (secondary N) is 1. The third-order valence-corrected chi connectivity index (χ3v) is 5.39. The van der Waals surface area contributed by atoms with Gasteiger partial charge in [0.1, 0.15) is 0 Å². The van der Waals surface area contributed by atoms with E-state index in [2.05, 4.69) is 21.7 Å². The second-order valence-corrected chi connectivity index (χ2v) is 7.57. The van der Waals surface area contributed by atoms with Crippen molar-refractivity contribution in [3.63, 3.8) is 0 Å². The Labute approximate surface area is 158 Å². The van der Waals surface area contributed by atoms with Crippen LogP contribution in [0.4, 0.5) is 0 Å². The number of thiophene rings is 1. The summed E-state index contributed by atoms with van der Waals surface area (Å²) in [4.78, 5) is 28.3. The van der Waals surface area contributed by atoms with Crippen LogP contribution in [0.1, 0.15) is 34.3 Å². The van der Waals surface area contributed by atoms with Gasteiger partial charge in [-0.25, -0.2) is 0 Å². The first-order valence-electron chi connectivity index (χ1n) is 8.87. The normalized spacial score (nSPS) is 13.7. The highest BCUT2D eigenvalue weighted by molar-refractivity contribution is 7.07. The molecule has 0 bridgehead atoms. The lowest BCUT2D eigenvalue weighted by molar-refractivity contribution is -0.132. The van der Waals surface area contributed by atoms with Gasteiger partial charge in [-0.3, -0.25) is 14.5 Å². The van der Waals surface area contributed by atoms with Gasteiger partial charge in [-0.1, -0.05) is 12.1 Å². The predicted octanol–water partition coefficient (Wildman–Crippen LogP) is 2.73. The summed E-state index contributed by atoms with van der Waals surface area (Å²) in [5.41, 5.74) is 2.95. The lowest BCUT2D eigenvalue weighted by atomic mass is 10.1. The van der Waals surface area contributed by atoms with Crippen molar-refractivity contribution >= 4 is 23.2 Å². The standard InChI is InChI=1S/C20H25N3O2S/c1-21-20(25)17-5-3-15(4-6-17)12-23(18-7-8-18)13-19(24)22(2)11-16-9-10-26-14-16/h3-6,9-10,14,18H,7-8,11-13H2,1-2H3,(H,21,25). The molecule has 1 aromatic carbocycles. The second kappa shape index (κ2) is 8.47. The van der Waals surface area contributed by atoms with Crippen molar-refractivity contribution in [2.75, 3.05) is 20.6 Å². The molecule has 1 fully saturated rings. The molecule has 0 unspecified atom stereocenters. The number of hydrogen-bond donors (Lipinski definition) is 1. The third-order valence-electron chi connectivity index (χ3n) is 4.66. The van der Waals surface area contributed by atoms with Gasteiger partial charge in [0.15, 0.2) is 0 Å². The minimum Gasteiger partial charge on any atom is -0.355 e. The highest BCUT2D eigenvalue weighted by Gasteiger charge is 2.31. The van der Waals surface area contributed by atoms with E-state index in [1.54, 1.807) is 23.3 Å². The number of rotatable bonds is 8. The summed E-state index contributed by atoms with van der Waals surface area (Å²) >= 11 is 1.65. The largest absolute Gasteiger partial charge is 0.355 e. The molecule has 5 nitrogen and oxygen atoms in total. The Bertz CT molecular complexity index is 739. The van der Waals surface area contributed by atoms with Crippen LogP contribution in [-0.2, 0) is 17.9 Å². The number of carbonyl (C=O) groups excluding carboxylic acids is 2. The fraction of sp³-hybridized carbons (Fsp3) is 0.400. The maximum Gasteiger partial charge on any atom is 0.251 e. The Morgan fingerprint density at radius 3 is 2.42 bits per heavy atom. The Morgan fingerprint density at radius 1 is 1.12 bits per heavy atom. The maximum atomic E-state index is 12.6. The Hall–Kier alpha value is -2.18. The molecule has 0 saturated heterocycles. The summed E-state index contributed by atoms with van der Waals surface area (Å²) in [5, 5.41) is 6.74. The molecular formula is C20H25N3O2S. The van der Waals surface area contributed by atoms with Crippen LogP contribution in [0.25, 0.3) is 0 Å². The second-order valence-electron chi connectivity index (χ2n) is 6.79. The fourth-order valence-electron chi connectivity index (χ4n) is 2.93. The molecule has 1 aliphatic rings. The van der Waals surface area contributed by atoms with Crippen molar-refractivity contribution in [2.45, 2.75) is 32.0 Å². The van der Waals surface area contributed by atoms with E-state index < -0.39 is 0 Å². The van der Waals surface area contributed by atoms with Crippen LogP contribution in [0, 0.1) is 0 Å². The SMILES string of the molecule is CNC(=O)c1ccc(CN(CC(=O)N(C)Cc2ccsc2)C2CC2)cc1. The van der Waals surface area contributed by atoms with Crippen LogP contribution in [0.2, 0.25) is 0 Å². The Balaban J connectivity index is 1.58. The van der Waals surface area contributed by atoms with Crippen LogP contribution in [0.15, 0.2) is 41.1 Å². The van der Waals surface area contributed by atoms with Crippen molar-refractivity contribution in [1.82, 2.24) is 15.1 Å². The Kier molecular flexibility index (Phi) is 6.06. The van der Waals surface area contributed by atoms with E-state index in [-0.39, 0.29) is 11.8 Å². The lowest BCUT2D eigenvalue weighted by Crippen LogP contribution is -2.38. The van der Waals surface area contributed by atoms with Crippen molar-refractivity contribution in [3.05, 3.63) is 57.8 Å². The minimum atomic E-state index is -0.0826. The van der Waals surface area contributed by atoms with Gasteiger partial charge >= 0.3 is 0 Å². The van der Waals surface area contributed by atoms with Gasteiger partial charge in [-0.15, -0.1) is 0 Å². The molecule has 26 heavy (non-hydrogen) atoms. The topological polar surface area (TPSA) is 52.7 Å². The van der Waals surface area contributed by atoms with E-state index in [0.29, 0.717) is 24.7 Å². The van der Waals surface area contributed by atoms with Crippen LogP contribution < -0.4 is 5.32 Å². The molecule has 3 rings (SSSR count). The van der Waals surface area contributed by atoms with E-state index in [0.717, 1.165) is 24.9 Å². The summed E-state index contributed by atoms with van der Waals surface area (Å²) in [5.74, 6) is 0.0610. The summed E-state index contributed by atoms with van der Waals surface area (Å²) in [7, 11) is 3.49. The van der Waals surface area contributed by atoms with Gasteiger partial charge in [0, 0.05) is 38.8 Å². The molecule has 1 heterocycles. The quantitative estimate of drug-likeness (QED) is 0.776. The molecule has 0 radical (unpaired) electrons. The van der Waals surface area contributed by atoms with Crippen LogP contribution in [-0.4, -0.2) is 48.3 Å². The van der Waals surface area contributed by atoms with Crippen molar-refractivity contribution in [3.8, 4) is 0 Å². The van der Waals surface area contributed by atoms with E-state index >= 15 is 0 Å². The number of carbonyl (C=O) groups is 2.